The maximum absolute atomic E-state index is 12.4. The van der Waals surface area contributed by atoms with Gasteiger partial charge in [0.25, 0.3) is 0 Å². The van der Waals surface area contributed by atoms with E-state index in [9.17, 15) is 20.4 Å². The van der Waals surface area contributed by atoms with Crippen LogP contribution in [0.4, 0.5) is 0 Å². The van der Waals surface area contributed by atoms with E-state index in [4.69, 9.17) is 0 Å². The summed E-state index contributed by atoms with van der Waals surface area (Å²) in [5, 5.41) is 45.1. The van der Waals surface area contributed by atoms with Gasteiger partial charge >= 0.3 is 0 Å². The fourth-order valence-corrected chi connectivity index (χ4v) is 14.8. The molecule has 5 heteroatoms. The average molecular weight is 677 g/mol. The third-order valence-corrected chi connectivity index (χ3v) is 19.6. The van der Waals surface area contributed by atoms with Gasteiger partial charge in [0.1, 0.15) is 22.7 Å². The molecule has 260 valence electrons. The van der Waals surface area contributed by atoms with Crippen LogP contribution in [0.2, 0.25) is 12.1 Å². The molecular formula is C44H56O4Si. The Morgan fingerprint density at radius 2 is 1.06 bits per heavy atom. The van der Waals surface area contributed by atoms with Gasteiger partial charge in [-0.2, -0.15) is 0 Å². The molecule has 0 radical (unpaired) electrons. The lowest BCUT2D eigenvalue weighted by atomic mass is 9.53. The van der Waals surface area contributed by atoms with Crippen molar-refractivity contribution in [1.82, 2.24) is 0 Å². The van der Waals surface area contributed by atoms with Crippen molar-refractivity contribution < 1.29 is 20.4 Å². The van der Waals surface area contributed by atoms with Crippen molar-refractivity contribution in [1.29, 1.82) is 0 Å². The van der Waals surface area contributed by atoms with Crippen LogP contribution in [0.5, 0.6) is 11.5 Å². The van der Waals surface area contributed by atoms with E-state index in [1.54, 1.807) is 0 Å². The molecule has 4 fully saturated rings. The number of benzene rings is 2. The van der Waals surface area contributed by atoms with Crippen LogP contribution in [0.3, 0.4) is 0 Å². The normalized spacial score (nSPS) is 40.2. The van der Waals surface area contributed by atoms with E-state index in [0.717, 1.165) is 89.1 Å². The number of aromatic hydroxyl groups is 2. The monoisotopic (exact) mass is 676 g/mol. The number of hydrogen-bond acceptors (Lipinski definition) is 4. The number of rotatable bonds is 2. The summed E-state index contributed by atoms with van der Waals surface area (Å²) < 4.78 is 0. The minimum atomic E-state index is -2.42. The summed E-state index contributed by atoms with van der Waals surface area (Å²) in [6.07, 6.45) is 11.8. The molecule has 6 aliphatic rings. The highest BCUT2D eigenvalue weighted by atomic mass is 28.3. The first kappa shape index (κ1) is 33.4. The molecular weight excluding hydrogens is 621 g/mol. The fraction of sp³-hybridized carbons (Fsp3) is 0.636. The first-order valence-electron chi connectivity index (χ1n) is 19.6. The molecule has 0 aliphatic heterocycles. The number of hydrogen-bond donors (Lipinski definition) is 4. The highest BCUT2D eigenvalue weighted by Crippen LogP contribution is 2.65. The third kappa shape index (κ3) is 4.93. The second kappa shape index (κ2) is 11.7. The maximum Gasteiger partial charge on any atom is 0.216 e. The molecule has 6 aliphatic carbocycles. The van der Waals surface area contributed by atoms with E-state index in [2.05, 4.69) is 62.8 Å². The Morgan fingerprint density at radius 3 is 1.47 bits per heavy atom. The van der Waals surface area contributed by atoms with E-state index in [1.807, 2.05) is 24.3 Å². The minimum Gasteiger partial charge on any atom is -0.508 e. The Kier molecular flexibility index (Phi) is 7.96. The standard InChI is InChI=1S/C44H56O4Si/c1-5-49(6-2,25-23-43(47)21-17-39-37-11-7-29-27-31(45)9-13-33(29)35(37)15-19-41(39,43)3)26-24-44(48)22-18-40-38-12-8-30-28-32(46)10-14-34(30)36(38)16-20-42(40,44)4/h9-10,13-14,27-28,35-40,45-48H,5-8,11-12,15-22H2,1-4H3/t35-,36-,37-,38-,39+,40+,41+,42+,43-,44-/m1/s1. The van der Waals surface area contributed by atoms with Gasteiger partial charge in [0.05, 0.1) is 0 Å². The van der Waals surface area contributed by atoms with Gasteiger partial charge in [0.15, 0.2) is 0 Å². The van der Waals surface area contributed by atoms with E-state index in [-0.39, 0.29) is 10.8 Å². The number of aliphatic hydroxyl groups is 2. The van der Waals surface area contributed by atoms with Crippen molar-refractivity contribution in [3.8, 4) is 34.4 Å². The summed E-state index contributed by atoms with van der Waals surface area (Å²) in [4.78, 5) is 0. The van der Waals surface area contributed by atoms with Gasteiger partial charge in [-0.25, -0.2) is 0 Å². The maximum atomic E-state index is 12.4. The SMILES string of the molecule is CC[Si](C#C[C@]1(O)CC[C@H]2[C@@H]3CCc4cc(O)ccc4[C@H]3CC[C@@]21C)(C#C[C@]1(O)CC[C@H]2[C@@H]3CCc4cc(O)ccc4[C@H]3CC[C@@]21C)CC. The van der Waals surface area contributed by atoms with Gasteiger partial charge in [-0.1, -0.05) is 51.7 Å². The summed E-state index contributed by atoms with van der Waals surface area (Å²) >= 11 is 0. The van der Waals surface area contributed by atoms with Gasteiger partial charge in [-0.3, -0.25) is 0 Å². The summed E-state index contributed by atoms with van der Waals surface area (Å²) in [7, 11) is -2.42. The second-order valence-corrected chi connectivity index (χ2v) is 21.7. The number of phenolic OH excluding ortho intramolecular Hbond substituents is 2. The fourth-order valence-electron chi connectivity index (χ4n) is 12.7. The van der Waals surface area contributed by atoms with Crippen LogP contribution in [-0.2, 0) is 12.8 Å². The quantitative estimate of drug-likeness (QED) is 0.190. The van der Waals surface area contributed by atoms with Crippen molar-refractivity contribution in [2.75, 3.05) is 0 Å². The molecule has 4 N–H and O–H groups in total. The third-order valence-electron chi connectivity index (χ3n) is 15.9. The van der Waals surface area contributed by atoms with Crippen LogP contribution in [-0.4, -0.2) is 39.7 Å². The first-order chi connectivity index (χ1) is 23.4. The number of fused-ring (bicyclic) bond motifs is 10. The summed E-state index contributed by atoms with van der Waals surface area (Å²) in [5.74, 6) is 10.9. The van der Waals surface area contributed by atoms with Gasteiger partial charge < -0.3 is 20.4 Å². The minimum absolute atomic E-state index is 0.231. The Labute approximate surface area is 295 Å². The lowest BCUT2D eigenvalue weighted by Crippen LogP contribution is -2.51. The molecule has 49 heavy (non-hydrogen) atoms. The van der Waals surface area contributed by atoms with Crippen molar-refractivity contribution in [3.05, 3.63) is 58.7 Å². The molecule has 0 bridgehead atoms. The lowest BCUT2D eigenvalue weighted by molar-refractivity contribution is -0.0647. The van der Waals surface area contributed by atoms with E-state index in [1.165, 1.54) is 22.3 Å². The van der Waals surface area contributed by atoms with E-state index < -0.39 is 19.3 Å². The largest absolute Gasteiger partial charge is 0.508 e. The van der Waals surface area contributed by atoms with Gasteiger partial charge in [-0.05, 0) is 171 Å². The highest BCUT2D eigenvalue weighted by molar-refractivity contribution is 6.94. The van der Waals surface area contributed by atoms with Crippen LogP contribution in [0.15, 0.2) is 36.4 Å². The smallest absolute Gasteiger partial charge is 0.216 e. The molecule has 0 unspecified atom stereocenters. The van der Waals surface area contributed by atoms with Crippen molar-refractivity contribution in [2.45, 2.75) is 140 Å². The zero-order valence-electron chi connectivity index (χ0n) is 30.1. The average Bonchev–Trinajstić information content (AvgIpc) is 3.53. The zero-order valence-corrected chi connectivity index (χ0v) is 31.1. The second-order valence-electron chi connectivity index (χ2n) is 17.6. The predicted molar refractivity (Wildman–Crippen MR) is 198 cm³/mol. The molecule has 2 aromatic rings. The number of aryl methyl sites for hydroxylation is 2. The van der Waals surface area contributed by atoms with Crippen LogP contribution in [0.1, 0.15) is 126 Å². The van der Waals surface area contributed by atoms with Gasteiger partial charge in [0, 0.05) is 10.8 Å². The van der Waals surface area contributed by atoms with Crippen molar-refractivity contribution in [3.63, 3.8) is 0 Å². The molecule has 10 atom stereocenters. The van der Waals surface area contributed by atoms with Crippen LogP contribution < -0.4 is 0 Å². The van der Waals surface area contributed by atoms with Crippen LogP contribution in [0, 0.1) is 57.4 Å². The molecule has 0 heterocycles. The lowest BCUT2D eigenvalue weighted by Gasteiger charge is -2.52. The first-order valence-corrected chi connectivity index (χ1v) is 22.0. The summed E-state index contributed by atoms with van der Waals surface area (Å²) in [6, 6.07) is 13.7. The van der Waals surface area contributed by atoms with Gasteiger partial charge in [-0.15, -0.1) is 11.1 Å². The molecule has 0 saturated heterocycles. The molecule has 0 amide bonds. The molecule has 2 aromatic carbocycles. The molecule has 0 spiro atoms. The summed E-state index contributed by atoms with van der Waals surface area (Å²) in [5.41, 5.74) is 10.5. The highest BCUT2D eigenvalue weighted by Gasteiger charge is 2.62. The Balaban J connectivity index is 1.04. The zero-order chi connectivity index (χ0) is 34.4. The Hall–Kier alpha value is -2.70. The predicted octanol–water partition coefficient (Wildman–Crippen LogP) is 8.55. The topological polar surface area (TPSA) is 80.9 Å². The van der Waals surface area contributed by atoms with Crippen molar-refractivity contribution in [2.24, 2.45) is 34.5 Å². The molecule has 4 nitrogen and oxygen atoms in total. The molecule has 8 rings (SSSR count). The van der Waals surface area contributed by atoms with Crippen molar-refractivity contribution >= 4 is 8.07 Å². The van der Waals surface area contributed by atoms with Crippen LogP contribution in [0.25, 0.3) is 0 Å². The van der Waals surface area contributed by atoms with E-state index >= 15 is 0 Å². The van der Waals surface area contributed by atoms with Gasteiger partial charge in [0.2, 0.25) is 8.07 Å². The number of phenols is 2. The Bertz CT molecular complexity index is 1650. The molecule has 4 saturated carbocycles. The summed E-state index contributed by atoms with van der Waals surface area (Å²) in [6.45, 7) is 9.08. The van der Waals surface area contributed by atoms with Crippen LogP contribution >= 0.6 is 0 Å². The molecule has 0 aromatic heterocycles. The van der Waals surface area contributed by atoms with E-state index in [0.29, 0.717) is 47.0 Å². The Morgan fingerprint density at radius 1 is 0.633 bits per heavy atom.